The van der Waals surface area contributed by atoms with Crippen molar-refractivity contribution in [3.8, 4) is 0 Å². The summed E-state index contributed by atoms with van der Waals surface area (Å²) in [5, 5.41) is 3.37. The smallest absolute Gasteiger partial charge is 0.117 e. The Morgan fingerprint density at radius 3 is 2.44 bits per heavy atom. The molecular formula is C14H20N2O2. The molecule has 98 valence electrons. The molecule has 4 heteroatoms. The quantitative estimate of drug-likeness (QED) is 0.729. The van der Waals surface area contributed by atoms with Crippen LogP contribution < -0.4 is 5.32 Å². The zero-order valence-corrected chi connectivity index (χ0v) is 10.8. The molecular weight excluding hydrogens is 228 g/mol. The predicted molar refractivity (Wildman–Crippen MR) is 70.1 cm³/mol. The Morgan fingerprint density at radius 2 is 1.83 bits per heavy atom. The van der Waals surface area contributed by atoms with Crippen LogP contribution in [-0.2, 0) is 13.1 Å². The largest absolute Gasteiger partial charge is 0.468 e. The maximum absolute atomic E-state index is 5.35. The fraction of sp³-hybridized carbons (Fsp3) is 0.429. The molecule has 0 atom stereocenters. The monoisotopic (exact) mass is 248 g/mol. The fourth-order valence-electron chi connectivity index (χ4n) is 1.83. The summed E-state index contributed by atoms with van der Waals surface area (Å²) in [5.41, 5.74) is 0. The minimum Gasteiger partial charge on any atom is -0.468 e. The molecule has 0 fully saturated rings. The molecule has 0 aromatic carbocycles. The van der Waals surface area contributed by atoms with Gasteiger partial charge in [0.1, 0.15) is 11.5 Å². The number of rotatable bonds is 8. The van der Waals surface area contributed by atoms with Crippen molar-refractivity contribution < 1.29 is 8.83 Å². The first-order valence-corrected chi connectivity index (χ1v) is 6.36. The summed E-state index contributed by atoms with van der Waals surface area (Å²) in [5.74, 6) is 1.99. The third-order valence-corrected chi connectivity index (χ3v) is 2.89. The Labute approximate surface area is 108 Å². The first kappa shape index (κ1) is 12.9. The summed E-state index contributed by atoms with van der Waals surface area (Å²) in [4.78, 5) is 2.34. The standard InChI is InChI=1S/C14H20N2O2/c1-2-16(12-14-6-4-10-18-14)8-7-15-11-13-5-3-9-17-13/h3-6,9-10,15H,2,7-8,11-12H2,1H3. The number of hydrogen-bond acceptors (Lipinski definition) is 4. The van der Waals surface area contributed by atoms with Crippen LogP contribution in [0, 0.1) is 0 Å². The number of likely N-dealkylation sites (N-methyl/N-ethyl adjacent to an activating group) is 1. The number of furan rings is 2. The predicted octanol–water partition coefficient (Wildman–Crippen LogP) is 2.48. The van der Waals surface area contributed by atoms with Crippen LogP contribution in [0.4, 0.5) is 0 Å². The van der Waals surface area contributed by atoms with Gasteiger partial charge in [-0.25, -0.2) is 0 Å². The normalized spacial score (nSPS) is 11.2. The van der Waals surface area contributed by atoms with Crippen LogP contribution in [0.1, 0.15) is 18.4 Å². The van der Waals surface area contributed by atoms with Gasteiger partial charge in [0.2, 0.25) is 0 Å². The van der Waals surface area contributed by atoms with E-state index in [9.17, 15) is 0 Å². The summed E-state index contributed by atoms with van der Waals surface area (Å²) in [6.07, 6.45) is 3.42. The van der Waals surface area contributed by atoms with Crippen molar-refractivity contribution in [1.82, 2.24) is 10.2 Å². The van der Waals surface area contributed by atoms with E-state index in [0.29, 0.717) is 0 Å². The summed E-state index contributed by atoms with van der Waals surface area (Å²) >= 11 is 0. The Hall–Kier alpha value is -1.52. The second-order valence-corrected chi connectivity index (χ2v) is 4.20. The van der Waals surface area contributed by atoms with Crippen molar-refractivity contribution in [2.45, 2.75) is 20.0 Å². The topological polar surface area (TPSA) is 41.5 Å². The van der Waals surface area contributed by atoms with E-state index in [4.69, 9.17) is 8.83 Å². The van der Waals surface area contributed by atoms with Gasteiger partial charge in [0.25, 0.3) is 0 Å². The second kappa shape index (κ2) is 7.03. The van der Waals surface area contributed by atoms with Gasteiger partial charge in [-0.05, 0) is 30.8 Å². The molecule has 18 heavy (non-hydrogen) atoms. The van der Waals surface area contributed by atoms with E-state index in [1.165, 1.54) is 0 Å². The molecule has 0 amide bonds. The number of hydrogen-bond donors (Lipinski definition) is 1. The molecule has 2 aromatic heterocycles. The molecule has 0 bridgehead atoms. The maximum atomic E-state index is 5.35. The van der Waals surface area contributed by atoms with Crippen molar-refractivity contribution in [2.75, 3.05) is 19.6 Å². The summed E-state index contributed by atoms with van der Waals surface area (Å²) < 4.78 is 10.6. The lowest BCUT2D eigenvalue weighted by Gasteiger charge is -2.19. The van der Waals surface area contributed by atoms with Crippen LogP contribution in [-0.4, -0.2) is 24.5 Å². The van der Waals surface area contributed by atoms with E-state index in [0.717, 1.165) is 44.2 Å². The molecule has 4 nitrogen and oxygen atoms in total. The fourth-order valence-corrected chi connectivity index (χ4v) is 1.83. The highest BCUT2D eigenvalue weighted by molar-refractivity contribution is 4.98. The highest BCUT2D eigenvalue weighted by Crippen LogP contribution is 2.04. The lowest BCUT2D eigenvalue weighted by Crippen LogP contribution is -2.31. The lowest BCUT2D eigenvalue weighted by molar-refractivity contribution is 0.254. The Bertz CT molecular complexity index is 409. The van der Waals surface area contributed by atoms with Gasteiger partial charge in [-0.2, -0.15) is 0 Å². The molecule has 0 aliphatic carbocycles. The zero-order chi connectivity index (χ0) is 12.6. The molecule has 2 heterocycles. The minimum absolute atomic E-state index is 0.783. The Kier molecular flexibility index (Phi) is 5.05. The van der Waals surface area contributed by atoms with E-state index in [-0.39, 0.29) is 0 Å². The zero-order valence-electron chi connectivity index (χ0n) is 10.8. The second-order valence-electron chi connectivity index (χ2n) is 4.20. The summed E-state index contributed by atoms with van der Waals surface area (Å²) in [7, 11) is 0. The number of nitrogens with zero attached hydrogens (tertiary/aromatic N) is 1. The molecule has 1 N–H and O–H groups in total. The maximum Gasteiger partial charge on any atom is 0.117 e. The highest BCUT2D eigenvalue weighted by atomic mass is 16.3. The van der Waals surface area contributed by atoms with Crippen LogP contribution in [0.25, 0.3) is 0 Å². The summed E-state index contributed by atoms with van der Waals surface area (Å²) in [6.45, 7) is 6.77. The number of nitrogens with one attached hydrogen (secondary N) is 1. The van der Waals surface area contributed by atoms with E-state index < -0.39 is 0 Å². The van der Waals surface area contributed by atoms with Crippen LogP contribution in [0.2, 0.25) is 0 Å². The third-order valence-electron chi connectivity index (χ3n) is 2.89. The Balaban J connectivity index is 1.64. The molecule has 0 aliphatic heterocycles. The lowest BCUT2D eigenvalue weighted by atomic mass is 10.3. The van der Waals surface area contributed by atoms with Gasteiger partial charge in [0, 0.05) is 13.1 Å². The summed E-state index contributed by atoms with van der Waals surface area (Å²) in [6, 6.07) is 7.83. The first-order valence-electron chi connectivity index (χ1n) is 6.36. The van der Waals surface area contributed by atoms with Gasteiger partial charge in [0.05, 0.1) is 25.6 Å². The molecule has 0 aliphatic rings. The average molecular weight is 248 g/mol. The molecule has 0 spiro atoms. The molecule has 0 saturated carbocycles. The van der Waals surface area contributed by atoms with Crippen LogP contribution >= 0.6 is 0 Å². The van der Waals surface area contributed by atoms with Gasteiger partial charge in [-0.3, -0.25) is 4.90 Å². The van der Waals surface area contributed by atoms with Gasteiger partial charge in [0.15, 0.2) is 0 Å². The van der Waals surface area contributed by atoms with E-state index >= 15 is 0 Å². The van der Waals surface area contributed by atoms with Crippen LogP contribution in [0.3, 0.4) is 0 Å². The van der Waals surface area contributed by atoms with Crippen molar-refractivity contribution in [1.29, 1.82) is 0 Å². The molecule has 2 aromatic rings. The van der Waals surface area contributed by atoms with Crippen LogP contribution in [0.15, 0.2) is 45.6 Å². The SMILES string of the molecule is CCN(CCNCc1ccco1)Cc1ccco1. The van der Waals surface area contributed by atoms with Crippen molar-refractivity contribution >= 4 is 0 Å². The van der Waals surface area contributed by atoms with Crippen molar-refractivity contribution in [2.24, 2.45) is 0 Å². The van der Waals surface area contributed by atoms with Gasteiger partial charge < -0.3 is 14.2 Å². The highest BCUT2D eigenvalue weighted by Gasteiger charge is 2.05. The average Bonchev–Trinajstić information content (AvgIpc) is 3.06. The molecule has 0 radical (unpaired) electrons. The first-order chi connectivity index (χ1) is 8.88. The van der Waals surface area contributed by atoms with Gasteiger partial charge in [-0.15, -0.1) is 0 Å². The molecule has 0 saturated heterocycles. The molecule has 2 rings (SSSR count). The minimum atomic E-state index is 0.783. The third kappa shape index (κ3) is 4.05. The van der Waals surface area contributed by atoms with Crippen molar-refractivity contribution in [3.63, 3.8) is 0 Å². The van der Waals surface area contributed by atoms with Gasteiger partial charge in [-0.1, -0.05) is 6.92 Å². The van der Waals surface area contributed by atoms with Crippen molar-refractivity contribution in [3.05, 3.63) is 48.3 Å². The Morgan fingerprint density at radius 1 is 1.11 bits per heavy atom. The molecule has 0 unspecified atom stereocenters. The van der Waals surface area contributed by atoms with E-state index in [1.807, 2.05) is 24.3 Å². The van der Waals surface area contributed by atoms with Gasteiger partial charge >= 0.3 is 0 Å². The van der Waals surface area contributed by atoms with E-state index in [1.54, 1.807) is 12.5 Å². The van der Waals surface area contributed by atoms with E-state index in [2.05, 4.69) is 17.1 Å². The van der Waals surface area contributed by atoms with Crippen LogP contribution in [0.5, 0.6) is 0 Å².